The van der Waals surface area contributed by atoms with Gasteiger partial charge in [-0.05, 0) is 38.3 Å². The Labute approximate surface area is 149 Å². The first-order valence-corrected chi connectivity index (χ1v) is 9.71. The molecule has 0 aliphatic carbocycles. The molecule has 0 spiro atoms. The number of aryl methyl sites for hydroxylation is 2. The minimum absolute atomic E-state index is 0.0140. The molecule has 2 aromatic rings. The van der Waals surface area contributed by atoms with Gasteiger partial charge in [-0.2, -0.15) is 0 Å². The second-order valence-electron chi connectivity index (χ2n) is 5.76. The number of anilines is 2. The Morgan fingerprint density at radius 1 is 1.42 bits per heavy atom. The molecule has 1 aromatic heterocycles. The number of carbonyl (C=O) groups is 2. The summed E-state index contributed by atoms with van der Waals surface area (Å²) in [4.78, 5) is 33.0. The van der Waals surface area contributed by atoms with E-state index < -0.39 is 0 Å². The third-order valence-corrected chi connectivity index (χ3v) is 5.83. The molecule has 1 N–H and O–H groups in total. The molecular weight excluding hydrogens is 342 g/mol. The maximum Gasteiger partial charge on any atom is 0.231 e. The van der Waals surface area contributed by atoms with Crippen molar-refractivity contribution in [1.82, 2.24) is 4.98 Å². The fraction of sp³-hybridized carbons (Fsp3) is 0.353. The van der Waals surface area contributed by atoms with E-state index >= 15 is 0 Å². The van der Waals surface area contributed by atoms with Crippen LogP contribution in [0, 0.1) is 19.8 Å². The van der Waals surface area contributed by atoms with Crippen LogP contribution in [0.2, 0.25) is 0 Å². The summed E-state index contributed by atoms with van der Waals surface area (Å²) in [6.07, 6.45) is 2.23. The number of rotatable bonds is 4. The van der Waals surface area contributed by atoms with E-state index in [9.17, 15) is 9.59 Å². The number of hydrogen-bond acceptors (Lipinski definition) is 5. The summed E-state index contributed by atoms with van der Waals surface area (Å²) in [6, 6.07) is 7.83. The number of aromatic nitrogens is 1. The predicted octanol–water partition coefficient (Wildman–Crippen LogP) is 3.47. The van der Waals surface area contributed by atoms with Crippen LogP contribution in [0.25, 0.3) is 0 Å². The van der Waals surface area contributed by atoms with Crippen molar-refractivity contribution in [3.05, 3.63) is 34.8 Å². The number of nitrogens with zero attached hydrogens (tertiary/aromatic N) is 2. The first-order valence-electron chi connectivity index (χ1n) is 7.67. The third-order valence-electron chi connectivity index (χ3n) is 4.12. The number of thioether (sulfide) groups is 1. The fourth-order valence-corrected chi connectivity index (χ4v) is 3.92. The van der Waals surface area contributed by atoms with Crippen LogP contribution in [0.5, 0.6) is 0 Å². The second-order valence-corrected chi connectivity index (χ2v) is 7.84. The highest BCUT2D eigenvalue weighted by Crippen LogP contribution is 2.29. The lowest BCUT2D eigenvalue weighted by molar-refractivity contribution is -0.122. The van der Waals surface area contributed by atoms with Gasteiger partial charge in [0.15, 0.2) is 5.13 Å². The van der Waals surface area contributed by atoms with Crippen molar-refractivity contribution in [2.75, 3.05) is 23.0 Å². The molecule has 1 fully saturated rings. The van der Waals surface area contributed by atoms with Gasteiger partial charge >= 0.3 is 0 Å². The number of thiazole rings is 1. The smallest absolute Gasteiger partial charge is 0.231 e. The number of amides is 2. The van der Waals surface area contributed by atoms with E-state index in [4.69, 9.17) is 0 Å². The number of benzene rings is 1. The number of carbonyl (C=O) groups excluding carboxylic acids is 2. The van der Waals surface area contributed by atoms with Crippen LogP contribution < -0.4 is 10.2 Å². The van der Waals surface area contributed by atoms with Crippen molar-refractivity contribution < 1.29 is 9.59 Å². The van der Waals surface area contributed by atoms with E-state index in [0.29, 0.717) is 11.7 Å². The lowest BCUT2D eigenvalue weighted by Gasteiger charge is -2.17. The van der Waals surface area contributed by atoms with Gasteiger partial charge < -0.3 is 10.2 Å². The summed E-state index contributed by atoms with van der Waals surface area (Å²) in [5.74, 6) is -0.500. The van der Waals surface area contributed by atoms with Crippen LogP contribution in [0.1, 0.15) is 17.0 Å². The van der Waals surface area contributed by atoms with E-state index in [1.807, 2.05) is 44.4 Å². The molecule has 1 aliphatic heterocycles. The monoisotopic (exact) mass is 361 g/mol. The molecule has 1 aromatic carbocycles. The molecule has 5 nitrogen and oxygen atoms in total. The first kappa shape index (κ1) is 17.0. The topological polar surface area (TPSA) is 62.3 Å². The van der Waals surface area contributed by atoms with Gasteiger partial charge in [0.2, 0.25) is 11.8 Å². The van der Waals surface area contributed by atoms with Gasteiger partial charge in [0.25, 0.3) is 0 Å². The standard InChI is InChI=1S/C17H19N3O2S2/c1-10-11(2)24-17(18-10)19-16(22)12-7-15(21)20(9-12)13-5-4-6-14(8-13)23-3/h4-6,8,12H,7,9H2,1-3H3,(H,18,19,22). The van der Waals surface area contributed by atoms with E-state index in [1.54, 1.807) is 16.7 Å². The van der Waals surface area contributed by atoms with E-state index in [2.05, 4.69) is 10.3 Å². The normalized spacial score (nSPS) is 17.4. The predicted molar refractivity (Wildman–Crippen MR) is 98.9 cm³/mol. The van der Waals surface area contributed by atoms with E-state index in [0.717, 1.165) is 21.2 Å². The third kappa shape index (κ3) is 3.47. The Morgan fingerprint density at radius 2 is 2.21 bits per heavy atom. The SMILES string of the molecule is CSc1cccc(N2CC(C(=O)Nc3nc(C)c(C)s3)CC2=O)c1. The number of hydrogen-bond donors (Lipinski definition) is 1. The molecule has 0 bridgehead atoms. The Hall–Kier alpha value is -1.86. The summed E-state index contributed by atoms with van der Waals surface area (Å²) in [5, 5.41) is 3.45. The average Bonchev–Trinajstić information content (AvgIpc) is 3.10. The van der Waals surface area contributed by atoms with Crippen molar-refractivity contribution in [2.24, 2.45) is 5.92 Å². The van der Waals surface area contributed by atoms with Crippen molar-refractivity contribution >= 4 is 45.7 Å². The lowest BCUT2D eigenvalue weighted by Crippen LogP contribution is -2.28. The molecule has 2 amide bonds. The van der Waals surface area contributed by atoms with Crippen molar-refractivity contribution in [3.63, 3.8) is 0 Å². The molecule has 1 atom stereocenters. The van der Waals surface area contributed by atoms with Crippen LogP contribution in [-0.4, -0.2) is 29.6 Å². The molecular formula is C17H19N3O2S2. The summed E-state index contributed by atoms with van der Waals surface area (Å²) in [6.45, 7) is 4.30. The van der Waals surface area contributed by atoms with Gasteiger partial charge in [-0.1, -0.05) is 6.07 Å². The van der Waals surface area contributed by atoms with Crippen LogP contribution in [-0.2, 0) is 9.59 Å². The zero-order valence-electron chi connectivity index (χ0n) is 13.8. The van der Waals surface area contributed by atoms with Gasteiger partial charge in [-0.15, -0.1) is 23.1 Å². The van der Waals surface area contributed by atoms with E-state index in [-0.39, 0.29) is 24.2 Å². The first-order chi connectivity index (χ1) is 11.5. The Morgan fingerprint density at radius 3 is 2.88 bits per heavy atom. The Balaban J connectivity index is 1.70. The number of nitrogens with one attached hydrogen (secondary N) is 1. The second kappa shape index (κ2) is 6.94. The molecule has 126 valence electrons. The minimum Gasteiger partial charge on any atom is -0.312 e. The van der Waals surface area contributed by atoms with Crippen LogP contribution in [0.4, 0.5) is 10.8 Å². The van der Waals surface area contributed by atoms with Crippen molar-refractivity contribution in [3.8, 4) is 0 Å². The zero-order valence-corrected chi connectivity index (χ0v) is 15.5. The van der Waals surface area contributed by atoms with Crippen molar-refractivity contribution in [2.45, 2.75) is 25.2 Å². The molecule has 1 aliphatic rings. The minimum atomic E-state index is -0.347. The fourth-order valence-electron chi connectivity index (χ4n) is 2.64. The van der Waals surface area contributed by atoms with Gasteiger partial charge in [0.1, 0.15) is 0 Å². The summed E-state index contributed by atoms with van der Waals surface area (Å²) in [5.41, 5.74) is 1.77. The Bertz CT molecular complexity index is 768. The van der Waals surface area contributed by atoms with Crippen LogP contribution >= 0.6 is 23.1 Å². The highest BCUT2D eigenvalue weighted by atomic mass is 32.2. The maximum atomic E-state index is 12.5. The highest BCUT2D eigenvalue weighted by molar-refractivity contribution is 7.98. The molecule has 1 unspecified atom stereocenters. The van der Waals surface area contributed by atoms with Gasteiger partial charge in [-0.25, -0.2) is 4.98 Å². The molecule has 2 heterocycles. The van der Waals surface area contributed by atoms with Crippen LogP contribution in [0.3, 0.4) is 0 Å². The zero-order chi connectivity index (χ0) is 17.3. The average molecular weight is 361 g/mol. The van der Waals surface area contributed by atoms with E-state index in [1.165, 1.54) is 11.3 Å². The van der Waals surface area contributed by atoms with Crippen LogP contribution in [0.15, 0.2) is 29.2 Å². The van der Waals surface area contributed by atoms with Gasteiger partial charge in [0.05, 0.1) is 11.6 Å². The van der Waals surface area contributed by atoms with Gasteiger partial charge in [-0.3, -0.25) is 9.59 Å². The van der Waals surface area contributed by atoms with Gasteiger partial charge in [0, 0.05) is 28.4 Å². The maximum absolute atomic E-state index is 12.5. The molecule has 7 heteroatoms. The quantitative estimate of drug-likeness (QED) is 0.847. The Kier molecular flexibility index (Phi) is 4.91. The van der Waals surface area contributed by atoms with Crippen molar-refractivity contribution in [1.29, 1.82) is 0 Å². The summed E-state index contributed by atoms with van der Waals surface area (Å²) >= 11 is 3.09. The molecule has 3 rings (SSSR count). The molecule has 0 radical (unpaired) electrons. The lowest BCUT2D eigenvalue weighted by atomic mass is 10.1. The highest BCUT2D eigenvalue weighted by Gasteiger charge is 2.35. The summed E-state index contributed by atoms with van der Waals surface area (Å²) < 4.78 is 0. The molecule has 1 saturated heterocycles. The largest absolute Gasteiger partial charge is 0.312 e. The summed E-state index contributed by atoms with van der Waals surface area (Å²) in [7, 11) is 0. The molecule has 0 saturated carbocycles. The molecule has 24 heavy (non-hydrogen) atoms.